The molecule has 202 valence electrons. The van der Waals surface area contributed by atoms with E-state index in [4.69, 9.17) is 21.1 Å². The fourth-order valence-corrected chi connectivity index (χ4v) is 5.49. The third-order valence-corrected chi connectivity index (χ3v) is 7.80. The second-order valence-corrected chi connectivity index (χ2v) is 10.3. The van der Waals surface area contributed by atoms with Gasteiger partial charge < -0.3 is 29.3 Å². The summed E-state index contributed by atoms with van der Waals surface area (Å²) < 4.78 is 27.1. The number of carbonyl (C=O) groups is 2. The largest absolute Gasteiger partial charge is 0.507 e. The maximum Gasteiger partial charge on any atom is 0.263 e. The van der Waals surface area contributed by atoms with E-state index in [-0.39, 0.29) is 76.7 Å². The Balaban J connectivity index is 1.55. The molecule has 5 rings (SSSR count). The van der Waals surface area contributed by atoms with Crippen molar-refractivity contribution in [1.82, 2.24) is 19.7 Å². The number of piperazine rings is 1. The maximum atomic E-state index is 14.9. The normalized spacial score (nSPS) is 20.3. The van der Waals surface area contributed by atoms with Gasteiger partial charge in [-0.2, -0.15) is 0 Å². The molecule has 11 heteroatoms. The van der Waals surface area contributed by atoms with Gasteiger partial charge in [0.15, 0.2) is 5.75 Å². The number of phenols is 1. The Morgan fingerprint density at radius 3 is 2.76 bits per heavy atom. The second kappa shape index (κ2) is 10.8. The van der Waals surface area contributed by atoms with Crippen LogP contribution in [0.3, 0.4) is 0 Å². The molecule has 2 aromatic rings. The van der Waals surface area contributed by atoms with Crippen molar-refractivity contribution in [2.75, 3.05) is 53.0 Å². The first-order valence-electron chi connectivity index (χ1n) is 12.7. The highest BCUT2D eigenvalue weighted by atomic mass is 35.5. The van der Waals surface area contributed by atoms with Crippen LogP contribution < -0.4 is 9.47 Å². The molecule has 1 atom stereocenters. The zero-order chi connectivity index (χ0) is 27.0. The molecule has 9 nitrogen and oxygen atoms in total. The number of piperidine rings is 1. The Morgan fingerprint density at radius 1 is 1.29 bits per heavy atom. The quantitative estimate of drug-likeness (QED) is 0.578. The highest BCUT2D eigenvalue weighted by Gasteiger charge is 2.40. The number of nitrogens with zero attached hydrogens (tertiary/aromatic N) is 4. The van der Waals surface area contributed by atoms with Crippen molar-refractivity contribution >= 4 is 23.4 Å². The SMILES string of the molecule is C=CC(=O)N1CCN2C(=O)c3c(OCC4CCN(C)CC4)nc(-c4c(O)cccc4F)c(Cl)c3OC[C@H]2C1. The van der Waals surface area contributed by atoms with Gasteiger partial charge in [0, 0.05) is 19.6 Å². The highest BCUT2D eigenvalue weighted by Crippen LogP contribution is 2.45. The van der Waals surface area contributed by atoms with Crippen LogP contribution in [0.15, 0.2) is 30.9 Å². The molecule has 2 saturated heterocycles. The number of aromatic nitrogens is 1. The van der Waals surface area contributed by atoms with Crippen molar-refractivity contribution < 1.29 is 28.6 Å². The molecule has 0 unspecified atom stereocenters. The van der Waals surface area contributed by atoms with Crippen molar-refractivity contribution in [1.29, 1.82) is 0 Å². The minimum Gasteiger partial charge on any atom is -0.507 e. The zero-order valence-electron chi connectivity index (χ0n) is 21.2. The summed E-state index contributed by atoms with van der Waals surface area (Å²) in [6.07, 6.45) is 3.10. The van der Waals surface area contributed by atoms with E-state index < -0.39 is 11.9 Å². The number of aromatic hydroxyl groups is 1. The predicted octanol–water partition coefficient (Wildman–Crippen LogP) is 3.20. The van der Waals surface area contributed by atoms with Crippen LogP contribution in [0, 0.1) is 11.7 Å². The lowest BCUT2D eigenvalue weighted by molar-refractivity contribution is -0.128. The smallest absolute Gasteiger partial charge is 0.263 e. The average Bonchev–Trinajstić information content (AvgIpc) is 3.06. The Kier molecular flexibility index (Phi) is 7.45. The number of benzene rings is 1. The van der Waals surface area contributed by atoms with E-state index in [0.717, 1.165) is 25.9 Å². The number of rotatable bonds is 5. The lowest BCUT2D eigenvalue weighted by atomic mass is 9.98. The molecule has 3 aliphatic rings. The topological polar surface area (TPSA) is 95.4 Å². The van der Waals surface area contributed by atoms with Gasteiger partial charge in [-0.15, -0.1) is 0 Å². The number of halogens is 2. The molecular weight excluding hydrogens is 515 g/mol. The monoisotopic (exact) mass is 544 g/mol. The summed E-state index contributed by atoms with van der Waals surface area (Å²) in [6.45, 7) is 6.69. The molecule has 1 aromatic carbocycles. The van der Waals surface area contributed by atoms with E-state index in [2.05, 4.69) is 23.5 Å². The van der Waals surface area contributed by atoms with Crippen LogP contribution >= 0.6 is 11.6 Å². The van der Waals surface area contributed by atoms with Crippen molar-refractivity contribution in [3.8, 4) is 28.6 Å². The Morgan fingerprint density at radius 2 is 2.05 bits per heavy atom. The lowest BCUT2D eigenvalue weighted by Gasteiger charge is -2.39. The Labute approximate surface area is 225 Å². The van der Waals surface area contributed by atoms with Crippen molar-refractivity contribution in [2.45, 2.75) is 18.9 Å². The first-order chi connectivity index (χ1) is 18.3. The number of hydrogen-bond acceptors (Lipinski definition) is 7. The summed E-state index contributed by atoms with van der Waals surface area (Å²) in [7, 11) is 2.07. The standard InChI is InChI=1S/C27H30ClFN4O5/c1-3-20(35)32-11-12-33-17(13-32)15-37-25-22(27(33)36)26(38-14-16-7-9-31(2)10-8-16)30-24(23(25)28)21-18(29)5-4-6-19(21)34/h3-6,16-17,34H,1,7-15H2,2H3/t17-/m1/s1. The van der Waals surface area contributed by atoms with Gasteiger partial charge in [-0.3, -0.25) is 9.59 Å². The van der Waals surface area contributed by atoms with Gasteiger partial charge in [0.2, 0.25) is 11.8 Å². The number of pyridine rings is 1. The van der Waals surface area contributed by atoms with Crippen LogP contribution in [0.5, 0.6) is 17.4 Å². The molecule has 4 heterocycles. The van der Waals surface area contributed by atoms with E-state index in [1.807, 2.05) is 0 Å². The van der Waals surface area contributed by atoms with Gasteiger partial charge >= 0.3 is 0 Å². The molecule has 0 spiro atoms. The molecule has 2 fully saturated rings. The predicted molar refractivity (Wildman–Crippen MR) is 139 cm³/mol. The van der Waals surface area contributed by atoms with E-state index >= 15 is 0 Å². The number of phenolic OH excluding ortho intramolecular Hbond substituents is 1. The lowest BCUT2D eigenvalue weighted by Crippen LogP contribution is -2.57. The number of likely N-dealkylation sites (tertiary alicyclic amines) is 1. The van der Waals surface area contributed by atoms with E-state index in [1.54, 1.807) is 9.80 Å². The molecule has 1 aromatic heterocycles. The number of carbonyl (C=O) groups excluding carboxylic acids is 2. The average molecular weight is 545 g/mol. The number of hydrogen-bond donors (Lipinski definition) is 1. The summed E-state index contributed by atoms with van der Waals surface area (Å²) in [6, 6.07) is 3.46. The molecule has 0 aliphatic carbocycles. The van der Waals surface area contributed by atoms with E-state index in [1.165, 1.54) is 24.3 Å². The summed E-state index contributed by atoms with van der Waals surface area (Å²) >= 11 is 6.70. The molecular formula is C27H30ClFN4O5. The minimum atomic E-state index is -0.725. The van der Waals surface area contributed by atoms with E-state index in [0.29, 0.717) is 13.2 Å². The Hall–Kier alpha value is -3.37. The summed E-state index contributed by atoms with van der Waals surface area (Å²) in [5.74, 6) is -1.42. The fourth-order valence-electron chi connectivity index (χ4n) is 5.21. The molecule has 3 aliphatic heterocycles. The van der Waals surface area contributed by atoms with Gasteiger partial charge in [0.05, 0.1) is 18.2 Å². The van der Waals surface area contributed by atoms with Crippen molar-refractivity contribution in [3.05, 3.63) is 47.3 Å². The van der Waals surface area contributed by atoms with Crippen LogP contribution in [0.2, 0.25) is 5.02 Å². The summed E-state index contributed by atoms with van der Waals surface area (Å²) in [5, 5.41) is 10.4. The van der Waals surface area contributed by atoms with Crippen LogP contribution in [0.1, 0.15) is 23.2 Å². The van der Waals surface area contributed by atoms with E-state index in [9.17, 15) is 19.1 Å². The van der Waals surface area contributed by atoms with Gasteiger partial charge in [0.25, 0.3) is 5.91 Å². The van der Waals surface area contributed by atoms with Gasteiger partial charge in [-0.1, -0.05) is 24.2 Å². The third kappa shape index (κ3) is 4.90. The van der Waals surface area contributed by atoms with Gasteiger partial charge in [-0.05, 0) is 57.1 Å². The summed E-state index contributed by atoms with van der Waals surface area (Å²) in [4.78, 5) is 36.1. The highest BCUT2D eigenvalue weighted by molar-refractivity contribution is 6.35. The maximum absolute atomic E-state index is 14.9. The van der Waals surface area contributed by atoms with Gasteiger partial charge in [0.1, 0.15) is 34.5 Å². The first kappa shape index (κ1) is 26.2. The molecule has 2 amide bonds. The van der Waals surface area contributed by atoms with Crippen molar-refractivity contribution in [3.63, 3.8) is 0 Å². The number of amides is 2. The third-order valence-electron chi connectivity index (χ3n) is 7.45. The second-order valence-electron chi connectivity index (χ2n) is 9.93. The molecule has 0 bridgehead atoms. The van der Waals surface area contributed by atoms with Gasteiger partial charge in [-0.25, -0.2) is 9.37 Å². The molecule has 0 saturated carbocycles. The molecule has 0 radical (unpaired) electrons. The van der Waals surface area contributed by atoms with Crippen LogP contribution in [0.4, 0.5) is 4.39 Å². The summed E-state index contributed by atoms with van der Waals surface area (Å²) in [5.41, 5.74) is -0.214. The molecule has 38 heavy (non-hydrogen) atoms. The number of ether oxygens (including phenoxy) is 2. The molecule has 1 N–H and O–H groups in total. The minimum absolute atomic E-state index is 0.0174. The zero-order valence-corrected chi connectivity index (χ0v) is 21.9. The van der Waals surface area contributed by atoms with Crippen LogP contribution in [-0.2, 0) is 4.79 Å². The van der Waals surface area contributed by atoms with Crippen molar-refractivity contribution in [2.24, 2.45) is 5.92 Å². The van der Waals surface area contributed by atoms with Crippen LogP contribution in [-0.4, -0.2) is 95.6 Å². The van der Waals surface area contributed by atoms with Crippen LogP contribution in [0.25, 0.3) is 11.3 Å². The fraction of sp³-hybridized carbons (Fsp3) is 0.444. The Bertz CT molecular complexity index is 1250. The number of fused-ring (bicyclic) bond motifs is 2. The first-order valence-corrected chi connectivity index (χ1v) is 13.0.